The monoisotopic (exact) mass is 495 g/mol. The van der Waals surface area contributed by atoms with Gasteiger partial charge in [0.2, 0.25) is 5.91 Å². The Morgan fingerprint density at radius 2 is 1.50 bits per heavy atom. The smallest absolute Gasteiger partial charge is 0.408 e. The number of rotatable bonds is 9. The normalized spacial score (nSPS) is 13.2. The van der Waals surface area contributed by atoms with Gasteiger partial charge in [-0.25, -0.2) is 9.59 Å². The maximum Gasteiger partial charge on any atom is 0.408 e. The van der Waals surface area contributed by atoms with E-state index >= 15 is 0 Å². The lowest BCUT2D eigenvalue weighted by Crippen LogP contribution is -2.47. The molecule has 194 valence electrons. The lowest BCUT2D eigenvalue weighted by Gasteiger charge is -2.25. The van der Waals surface area contributed by atoms with Gasteiger partial charge < -0.3 is 25.0 Å². The van der Waals surface area contributed by atoms with Gasteiger partial charge in [0.15, 0.2) is 0 Å². The molecule has 0 aliphatic heterocycles. The highest BCUT2D eigenvalue weighted by Crippen LogP contribution is 2.44. The molecule has 2 aromatic carbocycles. The van der Waals surface area contributed by atoms with Crippen LogP contribution < -0.4 is 10.6 Å². The van der Waals surface area contributed by atoms with Crippen LogP contribution in [0.3, 0.4) is 0 Å². The molecule has 8 heteroatoms. The summed E-state index contributed by atoms with van der Waals surface area (Å²) in [6.07, 6.45) is 0.605. The molecule has 0 fully saturated rings. The molecule has 0 bridgehead atoms. The van der Waals surface area contributed by atoms with E-state index in [4.69, 9.17) is 9.47 Å². The average molecular weight is 496 g/mol. The van der Waals surface area contributed by atoms with E-state index < -0.39 is 23.8 Å². The van der Waals surface area contributed by atoms with Crippen LogP contribution in [-0.2, 0) is 14.3 Å². The fraction of sp³-hybridized carbons (Fsp3) is 0.464. The molecule has 0 saturated carbocycles. The predicted octanol–water partition coefficient (Wildman–Crippen LogP) is 4.68. The van der Waals surface area contributed by atoms with Gasteiger partial charge in [-0.2, -0.15) is 0 Å². The highest BCUT2D eigenvalue weighted by Gasteiger charge is 2.29. The zero-order valence-corrected chi connectivity index (χ0v) is 21.8. The van der Waals surface area contributed by atoms with Crippen molar-refractivity contribution in [3.63, 3.8) is 0 Å². The second kappa shape index (κ2) is 11.9. The summed E-state index contributed by atoms with van der Waals surface area (Å²) >= 11 is 0. The third-order valence-electron chi connectivity index (χ3n) is 5.96. The van der Waals surface area contributed by atoms with Crippen molar-refractivity contribution < 1.29 is 23.9 Å². The molecule has 3 rings (SSSR count). The molecule has 0 aromatic heterocycles. The Labute approximate surface area is 213 Å². The van der Waals surface area contributed by atoms with Crippen LogP contribution in [0.15, 0.2) is 48.5 Å². The number of carbonyl (C=O) groups excluding carboxylic acids is 3. The lowest BCUT2D eigenvalue weighted by molar-refractivity contribution is -0.131. The summed E-state index contributed by atoms with van der Waals surface area (Å²) in [6.45, 7) is 5.98. The van der Waals surface area contributed by atoms with E-state index in [2.05, 4.69) is 34.9 Å². The van der Waals surface area contributed by atoms with Crippen molar-refractivity contribution in [2.75, 3.05) is 27.2 Å². The van der Waals surface area contributed by atoms with Crippen molar-refractivity contribution in [2.24, 2.45) is 0 Å². The summed E-state index contributed by atoms with van der Waals surface area (Å²) in [7, 11) is 3.29. The third-order valence-corrected chi connectivity index (χ3v) is 5.96. The number of nitrogens with zero attached hydrogens (tertiary/aromatic N) is 1. The number of likely N-dealkylation sites (N-methyl/N-ethyl adjacent to an activating group) is 1. The number of benzene rings is 2. The van der Waals surface area contributed by atoms with E-state index in [1.165, 1.54) is 27.2 Å². The predicted molar refractivity (Wildman–Crippen MR) is 139 cm³/mol. The molecule has 0 unspecified atom stereocenters. The SMILES string of the molecule is CN(C)C(=O)[C@H](CCCCNC(=O)OCC1c2ccccc2-c2ccccc21)NC(=O)OC(C)(C)C. The highest BCUT2D eigenvalue weighted by atomic mass is 16.6. The van der Waals surface area contributed by atoms with Gasteiger partial charge in [0, 0.05) is 26.6 Å². The zero-order chi connectivity index (χ0) is 26.3. The number of unbranched alkanes of at least 4 members (excludes halogenated alkanes) is 1. The highest BCUT2D eigenvalue weighted by molar-refractivity contribution is 5.85. The maximum atomic E-state index is 12.5. The van der Waals surface area contributed by atoms with E-state index in [0.29, 0.717) is 25.8 Å². The summed E-state index contributed by atoms with van der Waals surface area (Å²) in [5, 5.41) is 5.44. The molecule has 0 spiro atoms. The van der Waals surface area contributed by atoms with Crippen LogP contribution in [0.5, 0.6) is 0 Å². The first-order chi connectivity index (χ1) is 17.1. The van der Waals surface area contributed by atoms with E-state index in [1.54, 1.807) is 34.9 Å². The first kappa shape index (κ1) is 27.0. The van der Waals surface area contributed by atoms with E-state index in [1.807, 2.05) is 24.3 Å². The number of hydrogen-bond acceptors (Lipinski definition) is 5. The molecule has 1 atom stereocenters. The zero-order valence-electron chi connectivity index (χ0n) is 21.8. The standard InChI is InChI=1S/C28H37N3O5/c1-28(2,3)36-27(34)30-24(25(32)31(4)5)16-10-11-17-29-26(33)35-18-23-21-14-8-6-12-19(21)20-13-7-9-15-22(20)23/h6-9,12-15,23-24H,10-11,16-18H2,1-5H3,(H,29,33)(H,30,34)/t24-/m0/s1. The van der Waals surface area contributed by atoms with E-state index in [0.717, 1.165) is 0 Å². The van der Waals surface area contributed by atoms with Gasteiger partial charge in [0.1, 0.15) is 18.2 Å². The second-order valence-electron chi connectivity index (χ2n) is 10.2. The van der Waals surface area contributed by atoms with Gasteiger partial charge in [0.05, 0.1) is 0 Å². The number of alkyl carbamates (subject to hydrolysis) is 2. The van der Waals surface area contributed by atoms with Gasteiger partial charge in [-0.05, 0) is 62.3 Å². The van der Waals surface area contributed by atoms with Crippen molar-refractivity contribution in [1.29, 1.82) is 0 Å². The Morgan fingerprint density at radius 3 is 2.06 bits per heavy atom. The van der Waals surface area contributed by atoms with Gasteiger partial charge in [-0.3, -0.25) is 4.79 Å². The number of carbonyl (C=O) groups is 3. The molecule has 36 heavy (non-hydrogen) atoms. The number of ether oxygens (including phenoxy) is 2. The summed E-state index contributed by atoms with van der Waals surface area (Å²) in [4.78, 5) is 38.4. The van der Waals surface area contributed by atoms with E-state index in [9.17, 15) is 14.4 Å². The van der Waals surface area contributed by atoms with Crippen LogP contribution in [-0.4, -0.2) is 61.9 Å². The number of hydrogen-bond donors (Lipinski definition) is 2. The third kappa shape index (κ3) is 7.23. The van der Waals surface area contributed by atoms with Crippen molar-refractivity contribution in [3.05, 3.63) is 59.7 Å². The van der Waals surface area contributed by atoms with Crippen LogP contribution >= 0.6 is 0 Å². The quantitative estimate of drug-likeness (QED) is 0.493. The average Bonchev–Trinajstić information content (AvgIpc) is 3.13. The first-order valence-corrected chi connectivity index (χ1v) is 12.4. The van der Waals surface area contributed by atoms with Crippen LogP contribution in [0.4, 0.5) is 9.59 Å². The molecule has 3 amide bonds. The Balaban J connectivity index is 1.43. The summed E-state index contributed by atoms with van der Waals surface area (Å²) < 4.78 is 10.8. The molecule has 8 nitrogen and oxygen atoms in total. The van der Waals surface area contributed by atoms with Crippen LogP contribution in [0, 0.1) is 0 Å². The molecule has 0 radical (unpaired) electrons. The topological polar surface area (TPSA) is 97.0 Å². The maximum absolute atomic E-state index is 12.5. The fourth-order valence-electron chi connectivity index (χ4n) is 4.33. The van der Waals surface area contributed by atoms with E-state index in [-0.39, 0.29) is 18.4 Å². The van der Waals surface area contributed by atoms with Crippen LogP contribution in [0.1, 0.15) is 57.1 Å². The van der Waals surface area contributed by atoms with Crippen molar-refractivity contribution in [3.8, 4) is 11.1 Å². The Bertz CT molecular complexity index is 1030. The molecular weight excluding hydrogens is 458 g/mol. The summed E-state index contributed by atoms with van der Waals surface area (Å²) in [5.41, 5.74) is 4.05. The van der Waals surface area contributed by atoms with Crippen LogP contribution in [0.2, 0.25) is 0 Å². The number of amides is 3. The molecule has 2 aromatic rings. The molecule has 1 aliphatic carbocycles. The van der Waals surface area contributed by atoms with Crippen LogP contribution in [0.25, 0.3) is 11.1 Å². The summed E-state index contributed by atoms with van der Waals surface area (Å²) in [5.74, 6) is -0.190. The van der Waals surface area contributed by atoms with Crippen molar-refractivity contribution in [1.82, 2.24) is 15.5 Å². The fourth-order valence-corrected chi connectivity index (χ4v) is 4.33. The minimum atomic E-state index is -0.690. The van der Waals surface area contributed by atoms with Crippen molar-refractivity contribution in [2.45, 2.75) is 57.6 Å². The summed E-state index contributed by atoms with van der Waals surface area (Å²) in [6, 6.07) is 15.7. The Morgan fingerprint density at radius 1 is 0.917 bits per heavy atom. The number of fused-ring (bicyclic) bond motifs is 3. The number of nitrogens with one attached hydrogen (secondary N) is 2. The minimum Gasteiger partial charge on any atom is -0.449 e. The first-order valence-electron chi connectivity index (χ1n) is 12.4. The van der Waals surface area contributed by atoms with Gasteiger partial charge in [0.25, 0.3) is 0 Å². The molecule has 0 heterocycles. The lowest BCUT2D eigenvalue weighted by atomic mass is 9.98. The molecule has 2 N–H and O–H groups in total. The minimum absolute atomic E-state index is 0.0138. The van der Waals surface area contributed by atoms with Gasteiger partial charge >= 0.3 is 12.2 Å². The second-order valence-corrected chi connectivity index (χ2v) is 10.2. The van der Waals surface area contributed by atoms with Gasteiger partial charge in [-0.1, -0.05) is 48.5 Å². The van der Waals surface area contributed by atoms with Gasteiger partial charge in [-0.15, -0.1) is 0 Å². The Hall–Kier alpha value is -3.55. The molecule has 1 aliphatic rings. The Kier molecular flexibility index (Phi) is 8.96. The molecule has 0 saturated heterocycles. The van der Waals surface area contributed by atoms with Crippen molar-refractivity contribution >= 4 is 18.1 Å². The molecular formula is C28H37N3O5. The largest absolute Gasteiger partial charge is 0.449 e.